The van der Waals surface area contributed by atoms with Crippen LogP contribution in [0.25, 0.3) is 22.4 Å². The summed E-state index contributed by atoms with van der Waals surface area (Å²) in [6, 6.07) is 14.4. The van der Waals surface area contributed by atoms with Crippen molar-refractivity contribution in [2.75, 3.05) is 4.90 Å². The Morgan fingerprint density at radius 1 is 0.897 bits per heavy atom. The molecule has 1 aliphatic heterocycles. The number of aromatic nitrogens is 2. The molecular formula is C21H10ClN3O4. The molecule has 0 fully saturated rings. The number of nitrogens with zero attached hydrogens (tertiary/aromatic N) is 3. The van der Waals surface area contributed by atoms with Crippen molar-refractivity contribution in [3.05, 3.63) is 87.4 Å². The number of para-hydroxylation sites is 1. The number of pyridine rings is 1. The molecule has 0 saturated heterocycles. The summed E-state index contributed by atoms with van der Waals surface area (Å²) in [5.74, 6) is -0.763. The highest BCUT2D eigenvalue weighted by Crippen LogP contribution is 2.31. The van der Waals surface area contributed by atoms with E-state index in [9.17, 15) is 14.4 Å². The zero-order chi connectivity index (χ0) is 20.1. The maximum atomic E-state index is 12.9. The number of carbonyl (C=O) groups is 2. The number of fused-ring (bicyclic) bond motifs is 2. The fourth-order valence-corrected chi connectivity index (χ4v) is 3.34. The zero-order valence-electron chi connectivity index (χ0n) is 14.6. The van der Waals surface area contributed by atoms with Gasteiger partial charge in [0.05, 0.1) is 27.1 Å². The van der Waals surface area contributed by atoms with E-state index in [1.807, 2.05) is 0 Å². The van der Waals surface area contributed by atoms with Gasteiger partial charge in [-0.1, -0.05) is 23.7 Å². The van der Waals surface area contributed by atoms with Crippen LogP contribution < -0.4 is 10.5 Å². The quantitative estimate of drug-likeness (QED) is 0.474. The van der Waals surface area contributed by atoms with E-state index >= 15 is 0 Å². The van der Waals surface area contributed by atoms with E-state index < -0.39 is 17.4 Å². The molecule has 0 radical (unpaired) electrons. The van der Waals surface area contributed by atoms with Crippen LogP contribution in [0.15, 0.2) is 70.0 Å². The highest BCUT2D eigenvalue weighted by atomic mass is 35.5. The molecule has 0 N–H and O–H groups in total. The lowest BCUT2D eigenvalue weighted by molar-refractivity contribution is 0.0925. The average Bonchev–Trinajstić information content (AvgIpc) is 2.99. The van der Waals surface area contributed by atoms with Crippen LogP contribution in [0.2, 0.25) is 5.02 Å². The molecule has 8 heteroatoms. The summed E-state index contributed by atoms with van der Waals surface area (Å²) in [5, 5.41) is 0.758. The van der Waals surface area contributed by atoms with Gasteiger partial charge in [0.2, 0.25) is 5.89 Å². The van der Waals surface area contributed by atoms with Crippen LogP contribution in [0.5, 0.6) is 0 Å². The molecule has 7 nitrogen and oxygen atoms in total. The fraction of sp³-hybridized carbons (Fsp3) is 0. The van der Waals surface area contributed by atoms with Crippen LogP contribution in [0, 0.1) is 0 Å². The maximum absolute atomic E-state index is 12.9. The molecule has 0 saturated carbocycles. The van der Waals surface area contributed by atoms with Gasteiger partial charge >= 0.3 is 5.63 Å². The van der Waals surface area contributed by atoms with Gasteiger partial charge in [-0.25, -0.2) is 19.7 Å². The average molecular weight is 404 g/mol. The fourth-order valence-electron chi connectivity index (χ4n) is 3.22. The second kappa shape index (κ2) is 6.35. The van der Waals surface area contributed by atoms with E-state index in [1.165, 1.54) is 24.4 Å². The zero-order valence-corrected chi connectivity index (χ0v) is 15.4. The summed E-state index contributed by atoms with van der Waals surface area (Å²) >= 11 is 5.83. The van der Waals surface area contributed by atoms with Gasteiger partial charge in [0.15, 0.2) is 0 Å². The molecule has 4 aromatic rings. The van der Waals surface area contributed by atoms with Crippen molar-refractivity contribution in [3.8, 4) is 11.5 Å². The number of hydrogen-bond acceptors (Lipinski definition) is 6. The lowest BCUT2D eigenvalue weighted by Crippen LogP contribution is -2.30. The third-order valence-corrected chi connectivity index (χ3v) is 4.83. The van der Waals surface area contributed by atoms with Crippen molar-refractivity contribution in [2.45, 2.75) is 0 Å². The summed E-state index contributed by atoms with van der Waals surface area (Å²) in [6.07, 6.45) is 1.36. The van der Waals surface area contributed by atoms with Gasteiger partial charge in [0.1, 0.15) is 5.82 Å². The molecule has 0 unspecified atom stereocenters. The third kappa shape index (κ3) is 2.71. The van der Waals surface area contributed by atoms with Gasteiger partial charge in [0, 0.05) is 11.8 Å². The predicted octanol–water partition coefficient (Wildman–Crippen LogP) is 3.70. The lowest BCUT2D eigenvalue weighted by atomic mass is 10.1. The number of carbonyl (C=O) groups excluding carboxylic acids is 2. The molecule has 2 aromatic carbocycles. The van der Waals surface area contributed by atoms with Gasteiger partial charge in [0.25, 0.3) is 11.8 Å². The third-order valence-electron chi connectivity index (χ3n) is 4.61. The SMILES string of the molecule is O=C1c2ccc(-c3nc4ccccc4c(=O)o3)cc2C(=O)N1c1ccc(Cl)cn1. The highest BCUT2D eigenvalue weighted by molar-refractivity contribution is 6.34. The number of amides is 2. The monoisotopic (exact) mass is 403 g/mol. The summed E-state index contributed by atoms with van der Waals surface area (Å²) in [4.78, 5) is 47.2. The topological polar surface area (TPSA) is 93.4 Å². The molecule has 0 aliphatic carbocycles. The molecule has 29 heavy (non-hydrogen) atoms. The molecular weight excluding hydrogens is 394 g/mol. The summed E-state index contributed by atoms with van der Waals surface area (Å²) in [7, 11) is 0. The number of hydrogen-bond donors (Lipinski definition) is 0. The Balaban J connectivity index is 1.60. The van der Waals surface area contributed by atoms with E-state index in [1.54, 1.807) is 36.4 Å². The smallest absolute Gasteiger partial charge is 0.347 e. The second-order valence-corrected chi connectivity index (χ2v) is 6.80. The Morgan fingerprint density at radius 2 is 1.69 bits per heavy atom. The van der Waals surface area contributed by atoms with Gasteiger partial charge in [-0.3, -0.25) is 9.59 Å². The molecule has 2 aromatic heterocycles. The Hall–Kier alpha value is -3.84. The number of rotatable bonds is 2. The van der Waals surface area contributed by atoms with Crippen molar-refractivity contribution >= 4 is 40.1 Å². The molecule has 0 atom stereocenters. The van der Waals surface area contributed by atoms with E-state index in [0.29, 0.717) is 21.5 Å². The van der Waals surface area contributed by atoms with Crippen molar-refractivity contribution in [1.82, 2.24) is 9.97 Å². The first-order valence-electron chi connectivity index (χ1n) is 8.57. The first-order chi connectivity index (χ1) is 14.0. The summed E-state index contributed by atoms with van der Waals surface area (Å²) in [6.45, 7) is 0. The normalized spacial score (nSPS) is 13.2. The minimum absolute atomic E-state index is 0.0693. The van der Waals surface area contributed by atoms with Gasteiger partial charge in [-0.15, -0.1) is 0 Å². The number of benzene rings is 2. The second-order valence-electron chi connectivity index (χ2n) is 6.36. The molecule has 0 bridgehead atoms. The van der Waals surface area contributed by atoms with Crippen LogP contribution in [0.3, 0.4) is 0 Å². The Kier molecular flexibility index (Phi) is 3.78. The Morgan fingerprint density at radius 3 is 2.48 bits per heavy atom. The summed E-state index contributed by atoms with van der Waals surface area (Å²) < 4.78 is 5.32. The predicted molar refractivity (Wildman–Crippen MR) is 106 cm³/mol. The molecule has 0 spiro atoms. The molecule has 1 aliphatic rings. The first-order valence-corrected chi connectivity index (χ1v) is 8.95. The number of anilines is 1. The Bertz CT molecular complexity index is 1380. The van der Waals surface area contributed by atoms with E-state index in [2.05, 4.69) is 9.97 Å². The van der Waals surface area contributed by atoms with Gasteiger partial charge < -0.3 is 4.42 Å². The van der Waals surface area contributed by atoms with E-state index in [4.69, 9.17) is 16.0 Å². The molecule has 2 amide bonds. The molecule has 140 valence electrons. The minimum Gasteiger partial charge on any atom is -0.403 e. The number of halogens is 1. The number of imide groups is 1. The van der Waals surface area contributed by atoms with E-state index in [0.717, 1.165) is 4.90 Å². The Labute approximate surface area is 168 Å². The van der Waals surface area contributed by atoms with Crippen LogP contribution in [0.1, 0.15) is 20.7 Å². The molecule has 5 rings (SSSR count). The maximum Gasteiger partial charge on any atom is 0.347 e. The first kappa shape index (κ1) is 17.3. The van der Waals surface area contributed by atoms with Crippen molar-refractivity contribution in [1.29, 1.82) is 0 Å². The minimum atomic E-state index is -0.527. The van der Waals surface area contributed by atoms with Crippen molar-refractivity contribution in [3.63, 3.8) is 0 Å². The lowest BCUT2D eigenvalue weighted by Gasteiger charge is -2.12. The standard InChI is InChI=1S/C21H10ClN3O4/c22-12-6-8-17(23-10-12)25-19(26)13-7-5-11(9-15(13)20(25)27)18-24-16-4-2-1-3-14(16)21(28)29-18/h1-10H. The van der Waals surface area contributed by atoms with Crippen molar-refractivity contribution < 1.29 is 14.0 Å². The highest BCUT2D eigenvalue weighted by Gasteiger charge is 2.37. The van der Waals surface area contributed by atoms with Crippen LogP contribution in [-0.2, 0) is 0 Å². The van der Waals surface area contributed by atoms with E-state index in [-0.39, 0.29) is 22.8 Å². The van der Waals surface area contributed by atoms with Crippen LogP contribution in [-0.4, -0.2) is 21.8 Å². The van der Waals surface area contributed by atoms with Crippen LogP contribution >= 0.6 is 11.6 Å². The van der Waals surface area contributed by atoms with Crippen LogP contribution in [0.4, 0.5) is 5.82 Å². The van der Waals surface area contributed by atoms with Crippen molar-refractivity contribution in [2.24, 2.45) is 0 Å². The van der Waals surface area contributed by atoms with Gasteiger partial charge in [-0.05, 0) is 42.5 Å². The largest absolute Gasteiger partial charge is 0.403 e. The molecule has 3 heterocycles. The summed E-state index contributed by atoms with van der Waals surface area (Å²) in [5.41, 5.74) is 0.785. The van der Waals surface area contributed by atoms with Gasteiger partial charge in [-0.2, -0.15) is 0 Å².